The number of urea groups is 1. The fourth-order valence-electron chi connectivity index (χ4n) is 1.37. The van der Waals surface area contributed by atoms with Gasteiger partial charge in [0.2, 0.25) is 5.91 Å². The van der Waals surface area contributed by atoms with Crippen molar-refractivity contribution in [2.75, 3.05) is 26.7 Å². The smallest absolute Gasteiger partial charge is 0.317 e. The number of hydrogen-bond donors (Lipinski definition) is 3. The summed E-state index contributed by atoms with van der Waals surface area (Å²) in [7, 11) is 1.49. The summed E-state index contributed by atoms with van der Waals surface area (Å²) in [6.07, 6.45) is 1.23. The van der Waals surface area contributed by atoms with Gasteiger partial charge in [-0.1, -0.05) is 13.8 Å². The molecule has 0 aliphatic heterocycles. The van der Waals surface area contributed by atoms with E-state index < -0.39 is 17.4 Å². The zero-order valence-electron chi connectivity index (χ0n) is 12.7. The van der Waals surface area contributed by atoms with Gasteiger partial charge in [-0.15, -0.1) is 0 Å². The van der Waals surface area contributed by atoms with Crippen LogP contribution in [-0.4, -0.2) is 54.6 Å². The molecule has 0 bridgehead atoms. The Labute approximate surface area is 119 Å². The Morgan fingerprint density at radius 2 is 1.80 bits per heavy atom. The topological polar surface area (TPSA) is 98.7 Å². The minimum atomic E-state index is -0.999. The Kier molecular flexibility index (Phi) is 7.64. The quantitative estimate of drug-likeness (QED) is 0.610. The summed E-state index contributed by atoms with van der Waals surface area (Å²) >= 11 is 0. The standard InChI is InChI=1S/C13H25N3O4/c1-5-7-14-10(17)8-16(4)12(20)15-9-13(3,6-2)11(18)19/h5-9H2,1-4H3,(H,14,17)(H,15,20)(H,18,19). The summed E-state index contributed by atoms with van der Waals surface area (Å²) < 4.78 is 0. The van der Waals surface area contributed by atoms with Crippen molar-refractivity contribution in [3.8, 4) is 0 Å². The van der Waals surface area contributed by atoms with Crippen LogP contribution in [0.25, 0.3) is 0 Å². The highest BCUT2D eigenvalue weighted by molar-refractivity contribution is 5.84. The molecular weight excluding hydrogens is 262 g/mol. The Morgan fingerprint density at radius 3 is 2.25 bits per heavy atom. The Bertz CT molecular complexity index is 360. The van der Waals surface area contributed by atoms with E-state index in [9.17, 15) is 14.4 Å². The number of carboxylic acid groups (broad SMARTS) is 1. The first kappa shape index (κ1) is 18.2. The SMILES string of the molecule is CCCNC(=O)CN(C)C(=O)NCC(C)(CC)C(=O)O. The van der Waals surface area contributed by atoms with E-state index in [1.165, 1.54) is 11.9 Å². The van der Waals surface area contributed by atoms with E-state index in [0.717, 1.165) is 6.42 Å². The van der Waals surface area contributed by atoms with Gasteiger partial charge in [0.05, 0.1) is 5.41 Å². The number of aliphatic carboxylic acids is 1. The van der Waals surface area contributed by atoms with E-state index in [2.05, 4.69) is 10.6 Å². The monoisotopic (exact) mass is 287 g/mol. The average Bonchev–Trinajstić information content (AvgIpc) is 2.41. The predicted molar refractivity (Wildman–Crippen MR) is 75.4 cm³/mol. The van der Waals surface area contributed by atoms with Gasteiger partial charge in [-0.05, 0) is 19.8 Å². The number of nitrogens with one attached hydrogen (secondary N) is 2. The minimum absolute atomic E-state index is 0.0264. The third-order valence-corrected chi connectivity index (χ3v) is 3.23. The first-order valence-corrected chi connectivity index (χ1v) is 6.76. The van der Waals surface area contributed by atoms with Gasteiger partial charge in [-0.25, -0.2) is 4.79 Å². The zero-order chi connectivity index (χ0) is 15.8. The lowest BCUT2D eigenvalue weighted by molar-refractivity contribution is -0.147. The van der Waals surface area contributed by atoms with Gasteiger partial charge in [0.1, 0.15) is 6.54 Å². The van der Waals surface area contributed by atoms with Crippen LogP contribution in [-0.2, 0) is 9.59 Å². The van der Waals surface area contributed by atoms with Crippen LogP contribution in [0, 0.1) is 5.41 Å². The van der Waals surface area contributed by atoms with Crippen LogP contribution < -0.4 is 10.6 Å². The number of likely N-dealkylation sites (N-methyl/N-ethyl adjacent to an activating group) is 1. The number of carbonyl (C=O) groups excluding carboxylic acids is 2. The molecule has 1 atom stereocenters. The molecule has 3 N–H and O–H groups in total. The second-order valence-corrected chi connectivity index (χ2v) is 5.08. The van der Waals surface area contributed by atoms with Crippen molar-refractivity contribution in [2.24, 2.45) is 5.41 Å². The lowest BCUT2D eigenvalue weighted by Crippen LogP contribution is -2.47. The predicted octanol–water partition coefficient (Wildman–Crippen LogP) is 0.655. The van der Waals surface area contributed by atoms with Crippen LogP contribution in [0.1, 0.15) is 33.6 Å². The summed E-state index contributed by atoms with van der Waals surface area (Å²) in [5, 5.41) is 14.3. The number of carbonyl (C=O) groups is 3. The molecule has 1 unspecified atom stereocenters. The van der Waals surface area contributed by atoms with Gasteiger partial charge in [-0.2, -0.15) is 0 Å². The molecule has 0 rings (SSSR count). The Morgan fingerprint density at radius 1 is 1.20 bits per heavy atom. The molecule has 0 aromatic carbocycles. The highest BCUT2D eigenvalue weighted by Crippen LogP contribution is 2.19. The van der Waals surface area contributed by atoms with Gasteiger partial charge in [0, 0.05) is 20.1 Å². The van der Waals surface area contributed by atoms with Crippen LogP contribution >= 0.6 is 0 Å². The maximum absolute atomic E-state index is 11.8. The van der Waals surface area contributed by atoms with Crippen molar-refractivity contribution in [1.82, 2.24) is 15.5 Å². The highest BCUT2D eigenvalue weighted by Gasteiger charge is 2.31. The summed E-state index contributed by atoms with van der Waals surface area (Å²) in [6.45, 7) is 5.81. The highest BCUT2D eigenvalue weighted by atomic mass is 16.4. The largest absolute Gasteiger partial charge is 0.481 e. The van der Waals surface area contributed by atoms with Crippen LogP contribution in [0.3, 0.4) is 0 Å². The minimum Gasteiger partial charge on any atom is -0.481 e. The lowest BCUT2D eigenvalue weighted by atomic mass is 9.88. The van der Waals surface area contributed by atoms with Crippen molar-refractivity contribution in [2.45, 2.75) is 33.6 Å². The van der Waals surface area contributed by atoms with E-state index >= 15 is 0 Å². The number of nitrogens with zero attached hydrogens (tertiary/aromatic N) is 1. The van der Waals surface area contributed by atoms with Crippen LogP contribution in [0.4, 0.5) is 4.79 Å². The second kappa shape index (κ2) is 8.39. The van der Waals surface area contributed by atoms with Crippen molar-refractivity contribution in [1.29, 1.82) is 0 Å². The third kappa shape index (κ3) is 5.90. The molecule has 0 radical (unpaired) electrons. The van der Waals surface area contributed by atoms with E-state index in [-0.39, 0.29) is 19.0 Å². The summed E-state index contributed by atoms with van der Waals surface area (Å²) in [5.74, 6) is -1.19. The molecule has 0 fully saturated rings. The number of carboxylic acids is 1. The molecule has 0 aromatic heterocycles. The molecule has 3 amide bonds. The summed E-state index contributed by atoms with van der Waals surface area (Å²) in [5.41, 5.74) is -0.999. The molecular formula is C13H25N3O4. The molecule has 0 saturated carbocycles. The van der Waals surface area contributed by atoms with Crippen molar-refractivity contribution < 1.29 is 19.5 Å². The zero-order valence-corrected chi connectivity index (χ0v) is 12.7. The first-order chi connectivity index (χ1) is 9.26. The van der Waals surface area contributed by atoms with Crippen LogP contribution in [0.15, 0.2) is 0 Å². The molecule has 0 aliphatic rings. The second-order valence-electron chi connectivity index (χ2n) is 5.08. The fraction of sp³-hybridized carbons (Fsp3) is 0.769. The fourth-order valence-corrected chi connectivity index (χ4v) is 1.37. The van der Waals surface area contributed by atoms with Gasteiger partial charge in [0.25, 0.3) is 0 Å². The van der Waals surface area contributed by atoms with Gasteiger partial charge >= 0.3 is 12.0 Å². The van der Waals surface area contributed by atoms with Crippen molar-refractivity contribution in [3.63, 3.8) is 0 Å². The normalized spacial score (nSPS) is 13.2. The molecule has 7 heteroatoms. The Hall–Kier alpha value is -1.79. The van der Waals surface area contributed by atoms with Crippen molar-refractivity contribution >= 4 is 17.9 Å². The molecule has 0 aliphatic carbocycles. The van der Waals surface area contributed by atoms with Crippen LogP contribution in [0.2, 0.25) is 0 Å². The molecule has 0 heterocycles. The first-order valence-electron chi connectivity index (χ1n) is 6.76. The molecule has 20 heavy (non-hydrogen) atoms. The molecule has 0 spiro atoms. The summed E-state index contributed by atoms with van der Waals surface area (Å²) in [6, 6.07) is -0.461. The van der Waals surface area contributed by atoms with E-state index in [1.807, 2.05) is 6.92 Å². The maximum atomic E-state index is 11.8. The molecule has 0 saturated heterocycles. The lowest BCUT2D eigenvalue weighted by Gasteiger charge is -2.25. The summed E-state index contributed by atoms with van der Waals surface area (Å²) in [4.78, 5) is 35.6. The van der Waals surface area contributed by atoms with E-state index in [0.29, 0.717) is 13.0 Å². The molecule has 116 valence electrons. The van der Waals surface area contributed by atoms with Gasteiger partial charge in [-0.3, -0.25) is 9.59 Å². The Balaban J connectivity index is 4.27. The number of amides is 3. The van der Waals surface area contributed by atoms with Crippen molar-refractivity contribution in [3.05, 3.63) is 0 Å². The number of hydrogen-bond acceptors (Lipinski definition) is 3. The molecule has 7 nitrogen and oxygen atoms in total. The van der Waals surface area contributed by atoms with E-state index in [4.69, 9.17) is 5.11 Å². The van der Waals surface area contributed by atoms with E-state index in [1.54, 1.807) is 13.8 Å². The maximum Gasteiger partial charge on any atom is 0.317 e. The molecule has 0 aromatic rings. The van der Waals surface area contributed by atoms with Crippen LogP contribution in [0.5, 0.6) is 0 Å². The number of rotatable bonds is 8. The van der Waals surface area contributed by atoms with Gasteiger partial charge < -0.3 is 20.6 Å². The third-order valence-electron chi connectivity index (χ3n) is 3.23. The average molecular weight is 287 g/mol. The van der Waals surface area contributed by atoms with Gasteiger partial charge in [0.15, 0.2) is 0 Å².